The molecular weight excluding hydrogens is 564 g/mol. The van der Waals surface area contributed by atoms with Gasteiger partial charge in [-0.3, -0.25) is 0 Å². The fraction of sp³-hybridized carbons (Fsp3) is 0.176. The summed E-state index contributed by atoms with van der Waals surface area (Å²) in [6, 6.07) is 30.8. The van der Waals surface area contributed by atoms with Crippen molar-refractivity contribution in [2.24, 2.45) is 11.5 Å². The molecule has 0 saturated carbocycles. The summed E-state index contributed by atoms with van der Waals surface area (Å²) in [6.07, 6.45) is -4.43. The number of benzene rings is 4. The Labute approximate surface area is 254 Å². The number of carboxylic acid groups (broad SMARTS) is 2. The molecule has 0 heterocycles. The van der Waals surface area contributed by atoms with Gasteiger partial charge < -0.3 is 31.2 Å². The molecule has 0 aliphatic carbocycles. The molecule has 0 unspecified atom stereocenters. The van der Waals surface area contributed by atoms with Gasteiger partial charge in [0.2, 0.25) is 12.2 Å². The second-order valence-corrected chi connectivity index (χ2v) is 9.83. The van der Waals surface area contributed by atoms with Crippen LogP contribution in [0.25, 0.3) is 0 Å². The van der Waals surface area contributed by atoms with Crippen LogP contribution in [0.2, 0.25) is 0 Å². The number of ether oxygens (including phenoxy) is 2. The molecule has 0 aromatic heterocycles. The zero-order valence-corrected chi connectivity index (χ0v) is 24.2. The monoisotopic (exact) mass is 598 g/mol. The van der Waals surface area contributed by atoms with Crippen molar-refractivity contribution >= 4 is 23.9 Å². The number of carbonyl (C=O) groups excluding carboxylic acids is 2. The van der Waals surface area contributed by atoms with Crippen molar-refractivity contribution in [2.75, 3.05) is 0 Å². The van der Waals surface area contributed by atoms with E-state index in [1.54, 1.807) is 12.1 Å². The van der Waals surface area contributed by atoms with Gasteiger partial charge in [-0.05, 0) is 60.4 Å². The van der Waals surface area contributed by atoms with E-state index in [0.29, 0.717) is 0 Å². The maximum Gasteiger partial charge on any atom is 0.349 e. The van der Waals surface area contributed by atoms with Crippen molar-refractivity contribution in [2.45, 2.75) is 38.1 Å². The maximum atomic E-state index is 12.0. The summed E-state index contributed by atoms with van der Waals surface area (Å²) in [7, 11) is 0. The molecule has 0 aliphatic heterocycles. The van der Waals surface area contributed by atoms with E-state index < -0.39 is 36.1 Å². The molecule has 0 saturated heterocycles. The molecule has 10 heteroatoms. The molecule has 228 valence electrons. The van der Waals surface area contributed by atoms with Crippen LogP contribution in [0.5, 0.6) is 0 Å². The number of hydrogen-bond acceptors (Lipinski definition) is 8. The highest BCUT2D eigenvalue weighted by Gasteiger charge is 2.41. The molecule has 0 bridgehead atoms. The lowest BCUT2D eigenvalue weighted by Gasteiger charge is -2.23. The van der Waals surface area contributed by atoms with Gasteiger partial charge in [0, 0.05) is 12.1 Å². The summed E-state index contributed by atoms with van der Waals surface area (Å²) >= 11 is 0. The summed E-state index contributed by atoms with van der Waals surface area (Å²) in [6.45, 7) is 4.14. The maximum absolute atomic E-state index is 12.0. The predicted molar refractivity (Wildman–Crippen MR) is 163 cm³/mol. The Morgan fingerprint density at radius 2 is 0.818 bits per heavy atom. The summed E-state index contributed by atoms with van der Waals surface area (Å²) in [5.41, 5.74) is 17.3. The van der Waals surface area contributed by atoms with Crippen LogP contribution >= 0.6 is 0 Å². The van der Waals surface area contributed by atoms with Crippen LogP contribution in [0.15, 0.2) is 109 Å². The quantitative estimate of drug-likeness (QED) is 0.188. The van der Waals surface area contributed by atoms with Crippen molar-refractivity contribution in [3.8, 4) is 0 Å². The van der Waals surface area contributed by atoms with E-state index in [2.05, 4.69) is 38.1 Å². The van der Waals surface area contributed by atoms with Gasteiger partial charge in [-0.15, -0.1) is 0 Å². The molecule has 4 atom stereocenters. The highest BCUT2D eigenvalue weighted by Crippen LogP contribution is 2.28. The van der Waals surface area contributed by atoms with Crippen LogP contribution in [0.3, 0.4) is 0 Å². The average molecular weight is 599 g/mol. The molecule has 0 radical (unpaired) electrons. The Bertz CT molecular complexity index is 1460. The van der Waals surface area contributed by atoms with E-state index in [0.717, 1.165) is 11.1 Å². The van der Waals surface area contributed by atoms with Gasteiger partial charge in [-0.2, -0.15) is 0 Å². The van der Waals surface area contributed by atoms with Crippen LogP contribution in [-0.2, 0) is 19.1 Å². The van der Waals surface area contributed by atoms with Crippen LogP contribution in [0.1, 0.15) is 55.1 Å². The van der Waals surface area contributed by atoms with Gasteiger partial charge in [0.05, 0.1) is 11.1 Å². The third kappa shape index (κ3) is 8.84. The zero-order chi connectivity index (χ0) is 32.2. The molecule has 6 N–H and O–H groups in total. The van der Waals surface area contributed by atoms with Gasteiger partial charge in [-0.25, -0.2) is 19.2 Å². The Kier molecular flexibility index (Phi) is 11.9. The number of aryl methyl sites for hydroxylation is 2. The predicted octanol–water partition coefficient (Wildman–Crippen LogP) is 4.61. The Balaban J connectivity index is 0.000000257. The largest absolute Gasteiger partial charge is 0.478 e. The third-order valence-electron chi connectivity index (χ3n) is 6.73. The second-order valence-electron chi connectivity index (χ2n) is 9.83. The summed E-state index contributed by atoms with van der Waals surface area (Å²) in [5.74, 6) is -5.63. The lowest BCUT2D eigenvalue weighted by Crippen LogP contribution is -2.45. The van der Waals surface area contributed by atoms with Crippen molar-refractivity contribution in [3.05, 3.63) is 143 Å². The number of carboxylic acids is 2. The highest BCUT2D eigenvalue weighted by molar-refractivity contribution is 5.95. The SMILES string of the molecule is Cc1ccccc1[C@H](N)[C@@H](N)c1ccccc1C.O=C(O[C@@H](C(=O)O)[C@@H](OC(=O)c1ccccc1)C(=O)O)c1ccccc1. The van der Waals surface area contributed by atoms with Gasteiger partial charge in [0.15, 0.2) is 0 Å². The molecule has 0 fully saturated rings. The molecule has 4 aromatic carbocycles. The fourth-order valence-electron chi connectivity index (χ4n) is 4.31. The first-order valence-electron chi connectivity index (χ1n) is 13.6. The summed E-state index contributed by atoms with van der Waals surface area (Å²) in [5, 5.41) is 18.5. The number of esters is 2. The standard InChI is InChI=1S/C18H14O8.C16H20N2/c19-15(20)13(25-17(23)11-7-3-1-4-8-11)14(16(21)22)26-18(24)12-9-5-2-6-10-12;1-11-7-3-5-9-13(11)15(17)16(18)14-10-6-4-8-12(14)2/h1-10,13-14H,(H,19,20)(H,21,22);3-10,15-16H,17-18H2,1-2H3/t13-,14-;15-,16-/m10/s1. The number of nitrogens with two attached hydrogens (primary N) is 2. The van der Waals surface area contributed by atoms with Crippen LogP contribution in [0, 0.1) is 13.8 Å². The van der Waals surface area contributed by atoms with E-state index in [-0.39, 0.29) is 23.2 Å². The van der Waals surface area contributed by atoms with E-state index in [9.17, 15) is 29.4 Å². The molecule has 0 amide bonds. The number of rotatable bonds is 10. The summed E-state index contributed by atoms with van der Waals surface area (Å²) in [4.78, 5) is 46.8. The Hall–Kier alpha value is -5.32. The molecule has 4 rings (SSSR count). The lowest BCUT2D eigenvalue weighted by atomic mass is 9.90. The molecule has 10 nitrogen and oxygen atoms in total. The van der Waals surface area contributed by atoms with Gasteiger partial charge in [0.1, 0.15) is 0 Å². The first-order valence-corrected chi connectivity index (χ1v) is 13.6. The number of aliphatic carboxylic acids is 2. The van der Waals surface area contributed by atoms with Crippen LogP contribution in [-0.4, -0.2) is 46.3 Å². The number of hydrogen-bond donors (Lipinski definition) is 4. The van der Waals surface area contributed by atoms with Crippen molar-refractivity contribution in [1.29, 1.82) is 0 Å². The lowest BCUT2D eigenvalue weighted by molar-refractivity contribution is -0.166. The van der Waals surface area contributed by atoms with Crippen molar-refractivity contribution in [3.63, 3.8) is 0 Å². The Morgan fingerprint density at radius 3 is 1.11 bits per heavy atom. The third-order valence-corrected chi connectivity index (χ3v) is 6.73. The van der Waals surface area contributed by atoms with E-state index in [1.165, 1.54) is 59.7 Å². The van der Waals surface area contributed by atoms with Gasteiger partial charge in [0.25, 0.3) is 0 Å². The van der Waals surface area contributed by atoms with Gasteiger partial charge in [-0.1, -0.05) is 84.9 Å². The summed E-state index contributed by atoms with van der Waals surface area (Å²) < 4.78 is 9.52. The minimum Gasteiger partial charge on any atom is -0.478 e. The zero-order valence-electron chi connectivity index (χ0n) is 24.2. The topological polar surface area (TPSA) is 179 Å². The first kappa shape index (κ1) is 33.2. The van der Waals surface area contributed by atoms with E-state index in [4.69, 9.17) is 20.9 Å². The molecule has 44 heavy (non-hydrogen) atoms. The van der Waals surface area contributed by atoms with E-state index in [1.807, 2.05) is 24.3 Å². The first-order chi connectivity index (χ1) is 21.0. The smallest absolute Gasteiger partial charge is 0.349 e. The van der Waals surface area contributed by atoms with E-state index >= 15 is 0 Å². The molecule has 0 aliphatic rings. The minimum absolute atomic E-state index is 0.0253. The average Bonchev–Trinajstić information content (AvgIpc) is 3.03. The highest BCUT2D eigenvalue weighted by atomic mass is 16.6. The fourth-order valence-corrected chi connectivity index (χ4v) is 4.31. The number of carbonyl (C=O) groups is 4. The second kappa shape index (κ2) is 15.8. The molecule has 0 spiro atoms. The Morgan fingerprint density at radius 1 is 0.523 bits per heavy atom. The van der Waals surface area contributed by atoms with Crippen molar-refractivity contribution < 1.29 is 38.9 Å². The minimum atomic E-state index is -2.21. The van der Waals surface area contributed by atoms with Gasteiger partial charge >= 0.3 is 23.9 Å². The van der Waals surface area contributed by atoms with Crippen LogP contribution in [0.4, 0.5) is 0 Å². The molecular formula is C34H34N2O8. The molecule has 4 aromatic rings. The van der Waals surface area contributed by atoms with Crippen molar-refractivity contribution in [1.82, 2.24) is 0 Å². The normalized spacial score (nSPS) is 13.2. The van der Waals surface area contributed by atoms with Crippen LogP contribution < -0.4 is 11.5 Å².